The number of thioether (sulfide) groups is 2. The van der Waals surface area contributed by atoms with Gasteiger partial charge in [-0.15, -0.1) is 11.8 Å². The van der Waals surface area contributed by atoms with Gasteiger partial charge in [0, 0.05) is 6.07 Å². The van der Waals surface area contributed by atoms with Gasteiger partial charge in [-0.2, -0.15) is 0 Å². The molecular formula is C9H13ClN2S2. The van der Waals surface area contributed by atoms with Crippen molar-refractivity contribution in [2.24, 2.45) is 0 Å². The summed E-state index contributed by atoms with van der Waals surface area (Å²) in [6.07, 6.45) is 4.37. The largest absolute Gasteiger partial charge is 0.216 e. The van der Waals surface area contributed by atoms with Crippen molar-refractivity contribution in [3.05, 3.63) is 11.2 Å². The van der Waals surface area contributed by atoms with Crippen molar-refractivity contribution < 1.29 is 0 Å². The van der Waals surface area contributed by atoms with Crippen LogP contribution < -0.4 is 0 Å². The fourth-order valence-corrected chi connectivity index (χ4v) is 2.59. The minimum atomic E-state index is 0.531. The molecule has 5 heteroatoms. The second kappa shape index (κ2) is 6.53. The molecule has 2 nitrogen and oxygen atoms in total. The maximum atomic E-state index is 5.86. The number of hydrogen-bond donors (Lipinski definition) is 0. The van der Waals surface area contributed by atoms with Crippen molar-refractivity contribution in [2.45, 2.75) is 29.9 Å². The molecule has 0 unspecified atom stereocenters. The van der Waals surface area contributed by atoms with Crippen LogP contribution in [0.2, 0.25) is 5.15 Å². The van der Waals surface area contributed by atoms with E-state index >= 15 is 0 Å². The number of hydrogen-bond acceptors (Lipinski definition) is 4. The molecule has 1 aromatic rings. The molecule has 78 valence electrons. The molecule has 0 aliphatic carbocycles. The van der Waals surface area contributed by atoms with Gasteiger partial charge in [-0.05, 0) is 18.4 Å². The fraction of sp³-hybridized carbons (Fsp3) is 0.556. The van der Waals surface area contributed by atoms with Gasteiger partial charge < -0.3 is 0 Å². The van der Waals surface area contributed by atoms with Gasteiger partial charge >= 0.3 is 0 Å². The molecule has 0 fully saturated rings. The van der Waals surface area contributed by atoms with Crippen molar-refractivity contribution in [3.63, 3.8) is 0 Å². The smallest absolute Gasteiger partial charge is 0.189 e. The average Bonchev–Trinajstić information content (AvgIpc) is 2.17. The molecular weight excluding hydrogens is 236 g/mol. The zero-order valence-electron chi connectivity index (χ0n) is 8.29. The van der Waals surface area contributed by atoms with Crippen LogP contribution in [0.25, 0.3) is 0 Å². The molecule has 0 saturated heterocycles. The highest BCUT2D eigenvalue weighted by Gasteiger charge is 2.02. The summed E-state index contributed by atoms with van der Waals surface area (Å²) >= 11 is 9.12. The highest BCUT2D eigenvalue weighted by Crippen LogP contribution is 2.22. The van der Waals surface area contributed by atoms with Crippen LogP contribution >= 0.6 is 35.1 Å². The second-order valence-electron chi connectivity index (χ2n) is 2.72. The molecule has 0 spiro atoms. The Kier molecular flexibility index (Phi) is 5.67. The van der Waals surface area contributed by atoms with E-state index in [1.165, 1.54) is 24.6 Å². The van der Waals surface area contributed by atoms with Crippen LogP contribution in [0.4, 0.5) is 0 Å². The molecule has 1 aromatic heterocycles. The summed E-state index contributed by atoms with van der Waals surface area (Å²) in [6.45, 7) is 2.18. The summed E-state index contributed by atoms with van der Waals surface area (Å²) in [4.78, 5) is 8.44. The third kappa shape index (κ3) is 4.07. The Hall–Kier alpha value is 0.0700. The average molecular weight is 249 g/mol. The Balaban J connectivity index is 2.62. The third-order valence-corrected chi connectivity index (χ3v) is 3.32. The van der Waals surface area contributed by atoms with E-state index in [2.05, 4.69) is 16.9 Å². The van der Waals surface area contributed by atoms with E-state index in [9.17, 15) is 0 Å². The number of halogens is 1. The van der Waals surface area contributed by atoms with E-state index < -0.39 is 0 Å². The summed E-state index contributed by atoms with van der Waals surface area (Å²) in [5.41, 5.74) is 0. The highest BCUT2D eigenvalue weighted by molar-refractivity contribution is 7.99. The first-order valence-corrected chi connectivity index (χ1v) is 7.06. The second-order valence-corrected chi connectivity index (χ2v) is 4.99. The number of rotatable bonds is 5. The lowest BCUT2D eigenvalue weighted by atomic mass is 10.4. The lowest BCUT2D eigenvalue weighted by Crippen LogP contribution is -1.90. The third-order valence-electron chi connectivity index (χ3n) is 1.58. The van der Waals surface area contributed by atoms with E-state index in [1.807, 2.05) is 12.3 Å². The molecule has 0 aliphatic heterocycles. The number of unbranched alkanes of at least 4 members (excludes halogenated alkanes) is 1. The van der Waals surface area contributed by atoms with E-state index in [4.69, 9.17) is 11.6 Å². The lowest BCUT2D eigenvalue weighted by Gasteiger charge is -2.02. The zero-order valence-corrected chi connectivity index (χ0v) is 10.7. The molecule has 1 heterocycles. The van der Waals surface area contributed by atoms with Crippen molar-refractivity contribution in [3.8, 4) is 0 Å². The monoisotopic (exact) mass is 248 g/mol. The van der Waals surface area contributed by atoms with Crippen LogP contribution in [0.1, 0.15) is 19.8 Å². The number of aromatic nitrogens is 2. The lowest BCUT2D eigenvalue weighted by molar-refractivity contribution is 0.877. The molecule has 0 amide bonds. The summed E-state index contributed by atoms with van der Waals surface area (Å²) < 4.78 is 0. The predicted molar refractivity (Wildman–Crippen MR) is 64.5 cm³/mol. The van der Waals surface area contributed by atoms with Gasteiger partial charge in [0.1, 0.15) is 10.2 Å². The van der Waals surface area contributed by atoms with Crippen molar-refractivity contribution in [2.75, 3.05) is 12.0 Å². The van der Waals surface area contributed by atoms with Crippen LogP contribution in [0.3, 0.4) is 0 Å². The van der Waals surface area contributed by atoms with Crippen LogP contribution in [0.15, 0.2) is 16.2 Å². The van der Waals surface area contributed by atoms with Crippen LogP contribution in [0, 0.1) is 0 Å². The van der Waals surface area contributed by atoms with Crippen molar-refractivity contribution in [1.82, 2.24) is 9.97 Å². The molecule has 0 aromatic carbocycles. The minimum absolute atomic E-state index is 0.531. The van der Waals surface area contributed by atoms with Crippen LogP contribution in [0.5, 0.6) is 0 Å². The highest BCUT2D eigenvalue weighted by atomic mass is 35.5. The Morgan fingerprint density at radius 1 is 1.43 bits per heavy atom. The minimum Gasteiger partial charge on any atom is -0.216 e. The van der Waals surface area contributed by atoms with Gasteiger partial charge in [0.25, 0.3) is 0 Å². The summed E-state index contributed by atoms with van der Waals surface area (Å²) in [5, 5.41) is 2.25. The zero-order chi connectivity index (χ0) is 10.4. The molecule has 0 aliphatic rings. The Morgan fingerprint density at radius 3 is 2.86 bits per heavy atom. The maximum absolute atomic E-state index is 5.86. The molecule has 14 heavy (non-hydrogen) atoms. The Bertz CT molecular complexity index is 294. The van der Waals surface area contributed by atoms with Gasteiger partial charge in [0.15, 0.2) is 5.16 Å². The normalized spacial score (nSPS) is 10.5. The molecule has 0 N–H and O–H groups in total. The first-order chi connectivity index (χ1) is 6.76. The van der Waals surface area contributed by atoms with E-state index in [-0.39, 0.29) is 0 Å². The molecule has 0 atom stereocenters. The topological polar surface area (TPSA) is 25.8 Å². The summed E-state index contributed by atoms with van der Waals surface area (Å²) in [7, 11) is 0. The van der Waals surface area contributed by atoms with Crippen LogP contribution in [-0.2, 0) is 0 Å². The maximum Gasteiger partial charge on any atom is 0.189 e. The molecule has 0 saturated carbocycles. The van der Waals surface area contributed by atoms with E-state index in [1.54, 1.807) is 11.8 Å². The van der Waals surface area contributed by atoms with E-state index in [0.29, 0.717) is 5.15 Å². The molecule has 0 radical (unpaired) electrons. The first kappa shape index (κ1) is 12.1. The molecule has 0 bridgehead atoms. The Labute approximate surface area is 98.2 Å². The summed E-state index contributed by atoms with van der Waals surface area (Å²) in [5.74, 6) is 1.09. The van der Waals surface area contributed by atoms with Gasteiger partial charge in [-0.25, -0.2) is 9.97 Å². The fourth-order valence-electron chi connectivity index (χ4n) is 0.863. The number of nitrogens with zero attached hydrogens (tertiary/aromatic N) is 2. The van der Waals surface area contributed by atoms with Crippen molar-refractivity contribution >= 4 is 35.1 Å². The standard InChI is InChI=1S/C9H13ClN2S2/c1-3-4-5-14-8-6-7(10)11-9(12-8)13-2/h6H,3-5H2,1-2H3. The van der Waals surface area contributed by atoms with E-state index in [0.717, 1.165) is 15.9 Å². The first-order valence-electron chi connectivity index (χ1n) is 4.47. The Morgan fingerprint density at radius 2 is 2.21 bits per heavy atom. The van der Waals surface area contributed by atoms with Crippen LogP contribution in [-0.4, -0.2) is 22.0 Å². The molecule has 1 rings (SSSR count). The van der Waals surface area contributed by atoms with Gasteiger partial charge in [0.05, 0.1) is 0 Å². The SMILES string of the molecule is CCCCSc1cc(Cl)nc(SC)n1. The van der Waals surface area contributed by atoms with Gasteiger partial charge in [-0.3, -0.25) is 0 Å². The van der Waals surface area contributed by atoms with Gasteiger partial charge in [0.2, 0.25) is 0 Å². The quantitative estimate of drug-likeness (QED) is 0.343. The van der Waals surface area contributed by atoms with Gasteiger partial charge in [-0.1, -0.05) is 36.7 Å². The summed E-state index contributed by atoms with van der Waals surface area (Å²) in [6, 6.07) is 1.82. The predicted octanol–water partition coefficient (Wildman–Crippen LogP) is 3.74. The van der Waals surface area contributed by atoms with Crippen molar-refractivity contribution in [1.29, 1.82) is 0 Å².